The highest BCUT2D eigenvalue weighted by molar-refractivity contribution is 5.69. The molecule has 1 fully saturated rings. The number of rotatable bonds is 7. The Morgan fingerprint density at radius 2 is 2.28 bits per heavy atom. The van der Waals surface area contributed by atoms with E-state index < -0.39 is 0 Å². The number of hydrogen-bond acceptors (Lipinski definition) is 4. The van der Waals surface area contributed by atoms with Crippen molar-refractivity contribution >= 4 is 5.97 Å². The predicted octanol–water partition coefficient (Wildman–Crippen LogP) is 1.79. The molecule has 1 heterocycles. The largest absolute Gasteiger partial charge is 0.469 e. The van der Waals surface area contributed by atoms with E-state index in [0.29, 0.717) is 12.5 Å². The normalized spacial score (nSPS) is 21.9. The minimum Gasteiger partial charge on any atom is -0.469 e. The Hall–Kier alpha value is -0.610. The van der Waals surface area contributed by atoms with Gasteiger partial charge in [-0.2, -0.15) is 0 Å². The number of ether oxygens (including phenoxy) is 1. The van der Waals surface area contributed by atoms with Gasteiger partial charge in [-0.25, -0.2) is 0 Å². The number of nitrogens with zero attached hydrogens (tertiary/aromatic N) is 1. The van der Waals surface area contributed by atoms with E-state index in [9.17, 15) is 4.79 Å². The maximum absolute atomic E-state index is 11.4. The molecule has 1 rings (SSSR count). The van der Waals surface area contributed by atoms with Crippen LogP contribution in [0.1, 0.15) is 46.0 Å². The smallest absolute Gasteiger partial charge is 0.307 e. The zero-order chi connectivity index (χ0) is 13.4. The fourth-order valence-electron chi connectivity index (χ4n) is 2.60. The van der Waals surface area contributed by atoms with Crippen LogP contribution in [0.2, 0.25) is 0 Å². The number of carbonyl (C=O) groups is 1. The van der Waals surface area contributed by atoms with Gasteiger partial charge in [0.15, 0.2) is 0 Å². The highest BCUT2D eigenvalue weighted by Gasteiger charge is 2.21. The third kappa shape index (κ3) is 5.36. The van der Waals surface area contributed by atoms with Gasteiger partial charge >= 0.3 is 5.97 Å². The van der Waals surface area contributed by atoms with E-state index in [1.54, 1.807) is 0 Å². The second-order valence-electron chi connectivity index (χ2n) is 5.27. The van der Waals surface area contributed by atoms with E-state index in [0.717, 1.165) is 26.1 Å². The topological polar surface area (TPSA) is 41.6 Å². The molecule has 0 saturated carbocycles. The summed E-state index contributed by atoms with van der Waals surface area (Å²) < 4.78 is 4.76. The van der Waals surface area contributed by atoms with Crippen LogP contribution in [0.5, 0.6) is 0 Å². The van der Waals surface area contributed by atoms with Crippen molar-refractivity contribution in [1.82, 2.24) is 10.2 Å². The van der Waals surface area contributed by atoms with Crippen LogP contribution in [-0.4, -0.2) is 49.7 Å². The number of piperidine rings is 1. The Bertz CT molecular complexity index is 240. The van der Waals surface area contributed by atoms with Crippen LogP contribution in [-0.2, 0) is 9.53 Å². The van der Waals surface area contributed by atoms with E-state index in [2.05, 4.69) is 24.1 Å². The van der Waals surface area contributed by atoms with Crippen LogP contribution in [0.15, 0.2) is 0 Å². The van der Waals surface area contributed by atoms with Crippen molar-refractivity contribution in [2.75, 3.05) is 26.7 Å². The Labute approximate surface area is 111 Å². The van der Waals surface area contributed by atoms with E-state index in [1.165, 1.54) is 26.4 Å². The third-order valence-corrected chi connectivity index (χ3v) is 3.69. The van der Waals surface area contributed by atoms with Gasteiger partial charge in [0.1, 0.15) is 0 Å². The molecule has 0 aliphatic carbocycles. The minimum absolute atomic E-state index is 0.111. The second-order valence-corrected chi connectivity index (χ2v) is 5.27. The summed E-state index contributed by atoms with van der Waals surface area (Å²) in [5.74, 6) is -0.111. The molecule has 4 heteroatoms. The molecule has 1 N–H and O–H groups in total. The highest BCUT2D eigenvalue weighted by Crippen LogP contribution is 2.12. The van der Waals surface area contributed by atoms with E-state index in [-0.39, 0.29) is 12.0 Å². The maximum atomic E-state index is 11.4. The highest BCUT2D eigenvalue weighted by atomic mass is 16.5. The average Bonchev–Trinajstić information content (AvgIpc) is 2.39. The van der Waals surface area contributed by atoms with Crippen LogP contribution >= 0.6 is 0 Å². The average molecular weight is 256 g/mol. The van der Waals surface area contributed by atoms with Crippen molar-refractivity contribution in [3.05, 3.63) is 0 Å². The fourth-order valence-corrected chi connectivity index (χ4v) is 2.60. The van der Waals surface area contributed by atoms with E-state index in [4.69, 9.17) is 4.74 Å². The van der Waals surface area contributed by atoms with Crippen molar-refractivity contribution < 1.29 is 9.53 Å². The lowest BCUT2D eigenvalue weighted by molar-refractivity contribution is -0.141. The Morgan fingerprint density at radius 3 is 2.83 bits per heavy atom. The standard InChI is InChI=1S/C14H28N2O2/c1-4-9-16(12(2)10-14(17)18-3)11-13-7-5-6-8-15-13/h12-13,15H,4-11H2,1-3H3. The fraction of sp³-hybridized carbons (Fsp3) is 0.929. The number of esters is 1. The number of carbonyl (C=O) groups excluding carboxylic acids is 1. The SMILES string of the molecule is CCCN(CC1CCCCN1)C(C)CC(=O)OC. The molecule has 4 nitrogen and oxygen atoms in total. The summed E-state index contributed by atoms with van der Waals surface area (Å²) >= 11 is 0. The van der Waals surface area contributed by atoms with Gasteiger partial charge in [-0.15, -0.1) is 0 Å². The Balaban J connectivity index is 2.43. The summed E-state index contributed by atoms with van der Waals surface area (Å²) in [5.41, 5.74) is 0. The van der Waals surface area contributed by atoms with Crippen LogP contribution in [0.4, 0.5) is 0 Å². The van der Waals surface area contributed by atoms with Crippen LogP contribution in [0.25, 0.3) is 0 Å². The van der Waals surface area contributed by atoms with Gasteiger partial charge in [-0.05, 0) is 39.3 Å². The number of nitrogens with one attached hydrogen (secondary N) is 1. The lowest BCUT2D eigenvalue weighted by Crippen LogP contribution is -2.47. The molecule has 1 aliphatic rings. The molecule has 106 valence electrons. The van der Waals surface area contributed by atoms with Crippen molar-refractivity contribution in [3.63, 3.8) is 0 Å². The van der Waals surface area contributed by atoms with Crippen LogP contribution in [0.3, 0.4) is 0 Å². The van der Waals surface area contributed by atoms with Crippen molar-refractivity contribution in [3.8, 4) is 0 Å². The minimum atomic E-state index is -0.111. The quantitative estimate of drug-likeness (QED) is 0.705. The molecule has 0 bridgehead atoms. The zero-order valence-corrected chi connectivity index (χ0v) is 12.1. The first-order valence-electron chi connectivity index (χ1n) is 7.21. The molecule has 18 heavy (non-hydrogen) atoms. The molecule has 0 aromatic heterocycles. The first-order valence-corrected chi connectivity index (χ1v) is 7.21. The monoisotopic (exact) mass is 256 g/mol. The maximum Gasteiger partial charge on any atom is 0.307 e. The van der Waals surface area contributed by atoms with Crippen molar-refractivity contribution in [2.45, 2.75) is 58.0 Å². The van der Waals surface area contributed by atoms with Gasteiger partial charge in [0, 0.05) is 18.6 Å². The molecule has 0 aromatic rings. The van der Waals surface area contributed by atoms with Crippen molar-refractivity contribution in [1.29, 1.82) is 0 Å². The lowest BCUT2D eigenvalue weighted by Gasteiger charge is -2.34. The van der Waals surface area contributed by atoms with Gasteiger partial charge < -0.3 is 10.1 Å². The van der Waals surface area contributed by atoms with Crippen LogP contribution in [0, 0.1) is 0 Å². The summed E-state index contributed by atoms with van der Waals surface area (Å²) in [4.78, 5) is 13.8. The Kier molecular flexibility index (Phi) is 7.28. The third-order valence-electron chi connectivity index (χ3n) is 3.69. The predicted molar refractivity (Wildman–Crippen MR) is 73.6 cm³/mol. The molecule has 2 atom stereocenters. The van der Waals surface area contributed by atoms with Gasteiger partial charge in [0.25, 0.3) is 0 Å². The van der Waals surface area contributed by atoms with Gasteiger partial charge in [0.2, 0.25) is 0 Å². The summed E-state index contributed by atoms with van der Waals surface area (Å²) in [6, 6.07) is 0.853. The molecule has 0 spiro atoms. The molecular weight excluding hydrogens is 228 g/mol. The molecule has 1 saturated heterocycles. The van der Waals surface area contributed by atoms with Gasteiger partial charge in [-0.1, -0.05) is 13.3 Å². The first-order chi connectivity index (χ1) is 8.67. The Morgan fingerprint density at radius 1 is 1.50 bits per heavy atom. The number of methoxy groups -OCH3 is 1. The molecule has 1 aliphatic heterocycles. The summed E-state index contributed by atoms with van der Waals surface area (Å²) in [7, 11) is 1.46. The second kappa shape index (κ2) is 8.48. The molecule has 0 radical (unpaired) electrons. The van der Waals surface area contributed by atoms with Gasteiger partial charge in [0.05, 0.1) is 13.5 Å². The van der Waals surface area contributed by atoms with E-state index >= 15 is 0 Å². The molecule has 0 amide bonds. The molecular formula is C14H28N2O2. The van der Waals surface area contributed by atoms with Gasteiger partial charge in [-0.3, -0.25) is 9.69 Å². The number of hydrogen-bond donors (Lipinski definition) is 1. The summed E-state index contributed by atoms with van der Waals surface area (Å²) in [6.45, 7) is 7.54. The molecule has 2 unspecified atom stereocenters. The lowest BCUT2D eigenvalue weighted by atomic mass is 10.0. The molecule has 0 aromatic carbocycles. The van der Waals surface area contributed by atoms with E-state index in [1.807, 2.05) is 0 Å². The van der Waals surface area contributed by atoms with Crippen molar-refractivity contribution in [2.24, 2.45) is 0 Å². The van der Waals surface area contributed by atoms with Crippen LogP contribution < -0.4 is 5.32 Å². The zero-order valence-electron chi connectivity index (χ0n) is 12.1. The summed E-state index contributed by atoms with van der Waals surface area (Å²) in [6.07, 6.45) is 5.48. The summed E-state index contributed by atoms with van der Waals surface area (Å²) in [5, 5.41) is 3.57. The first kappa shape index (κ1) is 15.4.